The van der Waals surface area contributed by atoms with Crippen molar-refractivity contribution in [1.82, 2.24) is 10.1 Å². The van der Waals surface area contributed by atoms with Crippen LogP contribution in [0.5, 0.6) is 5.75 Å². The number of aromatic nitrogens is 2. The first kappa shape index (κ1) is 19.3. The Labute approximate surface area is 149 Å². The molecule has 5 heteroatoms. The first-order chi connectivity index (χ1) is 12.3. The summed E-state index contributed by atoms with van der Waals surface area (Å²) in [6.07, 6.45) is 13.2. The van der Waals surface area contributed by atoms with Crippen LogP contribution in [0.25, 0.3) is 11.4 Å². The Morgan fingerprint density at radius 1 is 0.920 bits per heavy atom. The van der Waals surface area contributed by atoms with E-state index in [1.54, 1.807) is 0 Å². The molecule has 2 aromatic rings. The van der Waals surface area contributed by atoms with Crippen LogP contribution in [0.3, 0.4) is 0 Å². The predicted octanol–water partition coefficient (Wildman–Crippen LogP) is 5.33. The highest BCUT2D eigenvalue weighted by molar-refractivity contribution is 5.55. The second-order valence-electron chi connectivity index (χ2n) is 6.50. The Bertz CT molecular complexity index is 631. The van der Waals surface area contributed by atoms with Crippen LogP contribution in [-0.2, 0) is 0 Å². The van der Waals surface area contributed by atoms with Crippen molar-refractivity contribution in [3.05, 3.63) is 34.8 Å². The predicted molar refractivity (Wildman–Crippen MR) is 99.9 cm³/mol. The van der Waals surface area contributed by atoms with Gasteiger partial charge in [-0.25, -0.2) is 4.79 Å². The average molecular weight is 346 g/mol. The number of ether oxygens (including phenoxy) is 1. The lowest BCUT2D eigenvalue weighted by molar-refractivity contribution is 0.304. The van der Waals surface area contributed by atoms with Crippen LogP contribution in [0, 0.1) is 0 Å². The maximum absolute atomic E-state index is 10.9. The van der Waals surface area contributed by atoms with Gasteiger partial charge in [-0.1, -0.05) is 69.9 Å². The SMILES string of the molecule is CCCCCCCCCCCCOc1ccc(-c2noc(=O)[nH]2)cc1. The van der Waals surface area contributed by atoms with Gasteiger partial charge in [0.1, 0.15) is 5.75 Å². The number of H-pyrrole nitrogens is 1. The molecule has 1 N–H and O–H groups in total. The minimum absolute atomic E-state index is 0.436. The van der Waals surface area contributed by atoms with Gasteiger partial charge in [0.05, 0.1) is 6.61 Å². The summed E-state index contributed by atoms with van der Waals surface area (Å²) in [6, 6.07) is 7.50. The molecular formula is C20H30N2O3. The van der Waals surface area contributed by atoms with Crippen molar-refractivity contribution in [3.8, 4) is 17.1 Å². The monoisotopic (exact) mass is 346 g/mol. The van der Waals surface area contributed by atoms with E-state index >= 15 is 0 Å². The molecule has 0 amide bonds. The van der Waals surface area contributed by atoms with E-state index in [4.69, 9.17) is 4.74 Å². The third-order valence-electron chi connectivity index (χ3n) is 4.33. The lowest BCUT2D eigenvalue weighted by Gasteiger charge is -2.06. The summed E-state index contributed by atoms with van der Waals surface area (Å²) in [7, 11) is 0. The van der Waals surface area contributed by atoms with Crippen molar-refractivity contribution in [2.45, 2.75) is 71.1 Å². The van der Waals surface area contributed by atoms with Gasteiger partial charge in [-0.05, 0) is 30.7 Å². The molecule has 5 nitrogen and oxygen atoms in total. The molecule has 0 bridgehead atoms. The summed E-state index contributed by atoms with van der Waals surface area (Å²) in [5.41, 5.74) is 0.803. The summed E-state index contributed by atoms with van der Waals surface area (Å²) in [6.45, 7) is 3.01. The first-order valence-corrected chi connectivity index (χ1v) is 9.59. The minimum atomic E-state index is -0.545. The lowest BCUT2D eigenvalue weighted by Crippen LogP contribution is -1.97. The highest BCUT2D eigenvalue weighted by Gasteiger charge is 2.04. The number of nitrogens with zero attached hydrogens (tertiary/aromatic N) is 1. The van der Waals surface area contributed by atoms with Gasteiger partial charge >= 0.3 is 5.76 Å². The van der Waals surface area contributed by atoms with Gasteiger partial charge in [0.15, 0.2) is 5.82 Å². The highest BCUT2D eigenvalue weighted by Crippen LogP contribution is 2.19. The Hall–Kier alpha value is -2.04. The lowest BCUT2D eigenvalue weighted by atomic mass is 10.1. The van der Waals surface area contributed by atoms with Crippen LogP contribution < -0.4 is 10.5 Å². The fourth-order valence-corrected chi connectivity index (χ4v) is 2.84. The molecule has 0 radical (unpaired) electrons. The van der Waals surface area contributed by atoms with Crippen LogP contribution in [0.2, 0.25) is 0 Å². The van der Waals surface area contributed by atoms with Gasteiger partial charge in [-0.3, -0.25) is 9.51 Å². The molecule has 1 heterocycles. The smallest absolute Gasteiger partial charge is 0.439 e. The largest absolute Gasteiger partial charge is 0.494 e. The zero-order valence-corrected chi connectivity index (χ0v) is 15.3. The Kier molecular flexibility index (Phi) is 8.87. The van der Waals surface area contributed by atoms with E-state index in [9.17, 15) is 4.79 Å². The second kappa shape index (κ2) is 11.5. The van der Waals surface area contributed by atoms with Gasteiger partial charge in [0.2, 0.25) is 0 Å². The number of hydrogen-bond donors (Lipinski definition) is 1. The number of benzene rings is 1. The molecule has 0 saturated heterocycles. The molecular weight excluding hydrogens is 316 g/mol. The third kappa shape index (κ3) is 7.59. The van der Waals surface area contributed by atoms with Crippen LogP contribution in [-0.4, -0.2) is 16.7 Å². The van der Waals surface area contributed by atoms with Crippen molar-refractivity contribution in [2.75, 3.05) is 6.61 Å². The number of nitrogens with one attached hydrogen (secondary N) is 1. The van der Waals surface area contributed by atoms with E-state index in [2.05, 4.69) is 21.6 Å². The molecule has 0 atom stereocenters. The molecule has 138 valence electrons. The number of unbranched alkanes of at least 4 members (excludes halogenated alkanes) is 9. The maximum atomic E-state index is 10.9. The maximum Gasteiger partial charge on any atom is 0.439 e. The number of aromatic amines is 1. The highest BCUT2D eigenvalue weighted by atomic mass is 16.5. The average Bonchev–Trinajstić information content (AvgIpc) is 3.06. The fourth-order valence-electron chi connectivity index (χ4n) is 2.84. The van der Waals surface area contributed by atoms with Gasteiger partial charge in [-0.2, -0.15) is 0 Å². The Balaban J connectivity index is 1.51. The van der Waals surface area contributed by atoms with Crippen molar-refractivity contribution in [2.24, 2.45) is 0 Å². The molecule has 0 aliphatic rings. The summed E-state index contributed by atoms with van der Waals surface area (Å²) < 4.78 is 10.3. The van der Waals surface area contributed by atoms with E-state index < -0.39 is 5.76 Å². The standard InChI is InChI=1S/C20H30N2O3/c1-2-3-4-5-6-7-8-9-10-11-16-24-18-14-12-17(13-15-18)19-21-20(23)25-22-19/h12-15H,2-11,16H2,1H3,(H,21,22,23). The second-order valence-corrected chi connectivity index (χ2v) is 6.50. The molecule has 0 fully saturated rings. The zero-order chi connectivity index (χ0) is 17.7. The Morgan fingerprint density at radius 2 is 1.52 bits per heavy atom. The molecule has 0 saturated carbocycles. The van der Waals surface area contributed by atoms with Gasteiger partial charge in [0.25, 0.3) is 0 Å². The van der Waals surface area contributed by atoms with E-state index in [1.165, 1.54) is 57.8 Å². The van der Waals surface area contributed by atoms with E-state index in [0.717, 1.165) is 24.3 Å². The summed E-state index contributed by atoms with van der Waals surface area (Å²) >= 11 is 0. The van der Waals surface area contributed by atoms with Crippen LogP contribution in [0.15, 0.2) is 33.6 Å². The topological polar surface area (TPSA) is 68.1 Å². The Morgan fingerprint density at radius 3 is 2.08 bits per heavy atom. The van der Waals surface area contributed by atoms with Gasteiger partial charge in [0, 0.05) is 5.56 Å². The number of hydrogen-bond acceptors (Lipinski definition) is 4. The molecule has 2 rings (SSSR count). The summed E-state index contributed by atoms with van der Waals surface area (Å²) in [4.78, 5) is 13.5. The van der Waals surface area contributed by atoms with Crippen molar-refractivity contribution in [1.29, 1.82) is 0 Å². The van der Waals surface area contributed by atoms with Crippen molar-refractivity contribution < 1.29 is 9.26 Å². The molecule has 1 aromatic heterocycles. The van der Waals surface area contributed by atoms with Crippen LogP contribution in [0.4, 0.5) is 0 Å². The zero-order valence-electron chi connectivity index (χ0n) is 15.3. The van der Waals surface area contributed by atoms with E-state index in [-0.39, 0.29) is 0 Å². The quantitative estimate of drug-likeness (QED) is 0.498. The first-order valence-electron chi connectivity index (χ1n) is 9.59. The normalized spacial score (nSPS) is 10.9. The van der Waals surface area contributed by atoms with Crippen molar-refractivity contribution >= 4 is 0 Å². The molecule has 25 heavy (non-hydrogen) atoms. The van der Waals surface area contributed by atoms with Gasteiger partial charge in [-0.15, -0.1) is 0 Å². The van der Waals surface area contributed by atoms with Crippen LogP contribution in [0.1, 0.15) is 71.1 Å². The minimum Gasteiger partial charge on any atom is -0.494 e. The van der Waals surface area contributed by atoms with E-state index in [0.29, 0.717) is 5.82 Å². The fraction of sp³-hybridized carbons (Fsp3) is 0.600. The molecule has 0 aliphatic carbocycles. The molecule has 0 spiro atoms. The van der Waals surface area contributed by atoms with E-state index in [1.807, 2.05) is 24.3 Å². The molecule has 1 aromatic carbocycles. The van der Waals surface area contributed by atoms with Gasteiger partial charge < -0.3 is 4.74 Å². The number of rotatable bonds is 13. The summed E-state index contributed by atoms with van der Waals surface area (Å²) in [5, 5.41) is 3.66. The molecule has 0 aliphatic heterocycles. The molecule has 0 unspecified atom stereocenters. The summed E-state index contributed by atoms with van der Waals surface area (Å²) in [5.74, 6) is 0.730. The van der Waals surface area contributed by atoms with Crippen molar-refractivity contribution in [3.63, 3.8) is 0 Å². The third-order valence-corrected chi connectivity index (χ3v) is 4.33. The van der Waals surface area contributed by atoms with Crippen LogP contribution >= 0.6 is 0 Å².